The summed E-state index contributed by atoms with van der Waals surface area (Å²) >= 11 is 12.4. The highest BCUT2D eigenvalue weighted by Gasteiger charge is 2.23. The number of H-pyrrole nitrogens is 1. The van der Waals surface area contributed by atoms with Crippen molar-refractivity contribution in [3.63, 3.8) is 0 Å². The number of benzene rings is 2. The Labute approximate surface area is 159 Å². The van der Waals surface area contributed by atoms with E-state index in [0.717, 1.165) is 24.8 Å². The summed E-state index contributed by atoms with van der Waals surface area (Å²) in [5, 5.41) is 17.9. The normalized spacial score (nSPS) is 16.2. The largest absolute Gasteiger partial charge is 0.345 e. The number of rotatable bonds is 3. The van der Waals surface area contributed by atoms with Gasteiger partial charge in [0.25, 0.3) is 5.91 Å². The second kappa shape index (κ2) is 7.05. The van der Waals surface area contributed by atoms with Crippen LogP contribution >= 0.6 is 23.2 Å². The third-order valence-corrected chi connectivity index (χ3v) is 5.09. The summed E-state index contributed by atoms with van der Waals surface area (Å²) in [4.78, 5) is 12.7. The van der Waals surface area contributed by atoms with Gasteiger partial charge in [-0.05, 0) is 65.9 Å². The molecule has 1 atom stereocenters. The number of carbonyl (C=O) groups is 1. The van der Waals surface area contributed by atoms with Gasteiger partial charge in [-0.15, -0.1) is 10.2 Å². The summed E-state index contributed by atoms with van der Waals surface area (Å²) in [5.74, 6) is 0.210. The minimum Gasteiger partial charge on any atom is -0.345 e. The molecule has 8 heteroatoms. The number of aromatic amines is 1. The highest BCUT2D eigenvalue weighted by molar-refractivity contribution is 6.33. The number of nitrogens with zero attached hydrogens (tertiary/aromatic N) is 3. The van der Waals surface area contributed by atoms with Crippen molar-refractivity contribution in [2.75, 3.05) is 0 Å². The second-order valence-corrected chi connectivity index (χ2v) is 7.04. The van der Waals surface area contributed by atoms with Crippen LogP contribution in [0.2, 0.25) is 10.0 Å². The van der Waals surface area contributed by atoms with E-state index >= 15 is 0 Å². The average molecular weight is 388 g/mol. The summed E-state index contributed by atoms with van der Waals surface area (Å²) < 4.78 is 0. The quantitative estimate of drug-likeness (QED) is 0.711. The molecule has 0 aliphatic heterocycles. The lowest BCUT2D eigenvalue weighted by Crippen LogP contribution is -2.31. The maximum Gasteiger partial charge on any atom is 0.251 e. The van der Waals surface area contributed by atoms with Crippen LogP contribution in [0.4, 0.5) is 0 Å². The number of amides is 1. The molecule has 1 heterocycles. The van der Waals surface area contributed by atoms with E-state index in [1.54, 1.807) is 18.2 Å². The smallest absolute Gasteiger partial charge is 0.251 e. The molecule has 0 radical (unpaired) electrons. The maximum absolute atomic E-state index is 12.7. The lowest BCUT2D eigenvalue weighted by atomic mass is 9.87. The van der Waals surface area contributed by atoms with Crippen LogP contribution in [0.25, 0.3) is 11.4 Å². The second-order valence-electron chi connectivity index (χ2n) is 6.19. The third kappa shape index (κ3) is 3.30. The molecule has 0 spiro atoms. The van der Waals surface area contributed by atoms with Gasteiger partial charge in [-0.3, -0.25) is 4.79 Å². The van der Waals surface area contributed by atoms with Crippen LogP contribution in [0.3, 0.4) is 0 Å². The fourth-order valence-corrected chi connectivity index (χ4v) is 3.72. The van der Waals surface area contributed by atoms with Gasteiger partial charge in [-0.25, -0.2) is 0 Å². The molecule has 4 rings (SSSR count). The topological polar surface area (TPSA) is 83.6 Å². The first-order chi connectivity index (χ1) is 12.6. The molecule has 2 N–H and O–H groups in total. The van der Waals surface area contributed by atoms with E-state index in [9.17, 15) is 4.79 Å². The Bertz CT molecular complexity index is 958. The average Bonchev–Trinajstić information content (AvgIpc) is 3.16. The zero-order valence-corrected chi connectivity index (χ0v) is 15.2. The van der Waals surface area contributed by atoms with Crippen LogP contribution < -0.4 is 5.32 Å². The summed E-state index contributed by atoms with van der Waals surface area (Å²) in [7, 11) is 0. The molecule has 0 fully saturated rings. The molecule has 1 aromatic heterocycles. The SMILES string of the molecule is O=C(N[C@@H]1CCCc2ccc(Cl)cc21)c1ccc(-c2nn[nH]n2)c(Cl)c1. The lowest BCUT2D eigenvalue weighted by Gasteiger charge is -2.26. The predicted molar refractivity (Wildman–Crippen MR) is 99.2 cm³/mol. The van der Waals surface area contributed by atoms with Crippen molar-refractivity contribution < 1.29 is 4.79 Å². The molecule has 0 bridgehead atoms. The number of tetrazole rings is 1. The van der Waals surface area contributed by atoms with Gasteiger partial charge >= 0.3 is 0 Å². The lowest BCUT2D eigenvalue weighted by molar-refractivity contribution is 0.0933. The summed E-state index contributed by atoms with van der Waals surface area (Å²) in [6.45, 7) is 0. The first-order valence-corrected chi connectivity index (χ1v) is 9.00. The summed E-state index contributed by atoms with van der Waals surface area (Å²) in [6.07, 6.45) is 2.91. The first kappa shape index (κ1) is 17.0. The first-order valence-electron chi connectivity index (χ1n) is 8.24. The Morgan fingerprint density at radius 1 is 1.19 bits per heavy atom. The monoisotopic (exact) mass is 387 g/mol. The third-order valence-electron chi connectivity index (χ3n) is 4.55. The number of aryl methyl sites for hydroxylation is 1. The van der Waals surface area contributed by atoms with Crippen molar-refractivity contribution in [2.24, 2.45) is 0 Å². The van der Waals surface area contributed by atoms with Crippen molar-refractivity contribution >= 4 is 29.1 Å². The molecule has 0 saturated heterocycles. The number of fused-ring (bicyclic) bond motifs is 1. The zero-order valence-electron chi connectivity index (χ0n) is 13.7. The van der Waals surface area contributed by atoms with Crippen LogP contribution in [0.5, 0.6) is 0 Å². The van der Waals surface area contributed by atoms with Crippen molar-refractivity contribution in [2.45, 2.75) is 25.3 Å². The number of hydrogen-bond donors (Lipinski definition) is 2. The van der Waals surface area contributed by atoms with Crippen molar-refractivity contribution in [3.8, 4) is 11.4 Å². The van der Waals surface area contributed by atoms with Gasteiger partial charge in [0.1, 0.15) is 0 Å². The maximum atomic E-state index is 12.7. The molecule has 0 saturated carbocycles. The number of nitrogens with one attached hydrogen (secondary N) is 2. The van der Waals surface area contributed by atoms with E-state index in [-0.39, 0.29) is 11.9 Å². The molecular formula is C18H15Cl2N5O. The van der Waals surface area contributed by atoms with Gasteiger partial charge in [0.2, 0.25) is 5.82 Å². The van der Waals surface area contributed by atoms with Crippen LogP contribution in [0.1, 0.15) is 40.4 Å². The molecule has 3 aromatic rings. The Morgan fingerprint density at radius 2 is 2.08 bits per heavy atom. The number of aromatic nitrogens is 4. The van der Waals surface area contributed by atoms with Gasteiger partial charge in [-0.1, -0.05) is 29.3 Å². The molecule has 0 unspecified atom stereocenters. The highest BCUT2D eigenvalue weighted by atomic mass is 35.5. The molecular weight excluding hydrogens is 373 g/mol. The van der Waals surface area contributed by atoms with E-state index in [4.69, 9.17) is 23.2 Å². The van der Waals surface area contributed by atoms with Crippen LogP contribution in [-0.4, -0.2) is 26.5 Å². The van der Waals surface area contributed by atoms with Gasteiger partial charge in [0.15, 0.2) is 0 Å². The van der Waals surface area contributed by atoms with Crippen molar-refractivity contribution in [1.82, 2.24) is 25.9 Å². The zero-order chi connectivity index (χ0) is 18.1. The number of carbonyl (C=O) groups excluding carboxylic acids is 1. The molecule has 1 amide bonds. The van der Waals surface area contributed by atoms with Crippen LogP contribution in [0.15, 0.2) is 36.4 Å². The van der Waals surface area contributed by atoms with Gasteiger partial charge in [0, 0.05) is 16.1 Å². The minimum absolute atomic E-state index is 0.0550. The Hall–Kier alpha value is -2.44. The van der Waals surface area contributed by atoms with Gasteiger partial charge in [0.05, 0.1) is 11.1 Å². The van der Waals surface area contributed by atoms with E-state index in [2.05, 4.69) is 25.9 Å². The van der Waals surface area contributed by atoms with Crippen LogP contribution in [-0.2, 0) is 6.42 Å². The van der Waals surface area contributed by atoms with E-state index in [1.165, 1.54) is 5.56 Å². The van der Waals surface area contributed by atoms with Gasteiger partial charge in [-0.2, -0.15) is 5.21 Å². The summed E-state index contributed by atoms with van der Waals surface area (Å²) in [6, 6.07) is 10.8. The van der Waals surface area contributed by atoms with Crippen molar-refractivity contribution in [3.05, 3.63) is 63.1 Å². The van der Waals surface area contributed by atoms with E-state index < -0.39 is 0 Å². The Kier molecular flexibility index (Phi) is 4.61. The Balaban J connectivity index is 1.56. The van der Waals surface area contributed by atoms with E-state index in [1.807, 2.05) is 18.2 Å². The van der Waals surface area contributed by atoms with Crippen LogP contribution in [0, 0.1) is 0 Å². The summed E-state index contributed by atoms with van der Waals surface area (Å²) in [5.41, 5.74) is 3.42. The number of halogens is 2. The minimum atomic E-state index is -0.176. The highest BCUT2D eigenvalue weighted by Crippen LogP contribution is 2.32. The fourth-order valence-electron chi connectivity index (χ4n) is 3.28. The van der Waals surface area contributed by atoms with Crippen molar-refractivity contribution in [1.29, 1.82) is 0 Å². The molecule has 1 aliphatic carbocycles. The molecule has 6 nitrogen and oxygen atoms in total. The molecule has 26 heavy (non-hydrogen) atoms. The fraction of sp³-hybridized carbons (Fsp3) is 0.222. The molecule has 132 valence electrons. The number of hydrogen-bond acceptors (Lipinski definition) is 4. The molecule has 2 aromatic carbocycles. The van der Waals surface area contributed by atoms with Gasteiger partial charge < -0.3 is 5.32 Å². The Morgan fingerprint density at radius 3 is 2.85 bits per heavy atom. The predicted octanol–water partition coefficient (Wildman–Crippen LogP) is 3.98. The molecule has 1 aliphatic rings. The van der Waals surface area contributed by atoms with E-state index in [0.29, 0.717) is 27.0 Å². The standard InChI is InChI=1S/C18H15Cl2N5O/c19-12-6-4-10-2-1-3-16(14(10)9-12)21-18(26)11-5-7-13(15(20)8-11)17-22-24-25-23-17/h4-9,16H,1-3H2,(H,21,26)(H,22,23,24,25)/t16-/m1/s1.